The quantitative estimate of drug-likeness (QED) is 0.837. The van der Waals surface area contributed by atoms with Crippen molar-refractivity contribution in [2.24, 2.45) is 0 Å². The molecule has 0 aromatic heterocycles. The summed E-state index contributed by atoms with van der Waals surface area (Å²) in [7, 11) is 0. The van der Waals surface area contributed by atoms with Crippen molar-refractivity contribution in [1.82, 2.24) is 0 Å². The fraction of sp³-hybridized carbons (Fsp3) is 0.200. The van der Waals surface area contributed by atoms with Crippen molar-refractivity contribution in [1.29, 1.82) is 0 Å². The second kappa shape index (κ2) is 4.76. The van der Waals surface area contributed by atoms with Crippen LogP contribution >= 0.6 is 11.6 Å². The van der Waals surface area contributed by atoms with E-state index in [0.717, 1.165) is 5.56 Å². The Morgan fingerprint density at radius 2 is 2.00 bits per heavy atom. The predicted molar refractivity (Wildman–Crippen MR) is 72.5 cm³/mol. The molecule has 0 fully saturated rings. The van der Waals surface area contributed by atoms with Gasteiger partial charge in [-0.05, 0) is 35.9 Å². The number of halogens is 1. The molecule has 1 heterocycles. The molecule has 19 heavy (non-hydrogen) atoms. The van der Waals surface area contributed by atoms with E-state index >= 15 is 0 Å². The van der Waals surface area contributed by atoms with E-state index < -0.39 is 6.10 Å². The lowest BCUT2D eigenvalue weighted by Crippen LogP contribution is -2.18. The molecule has 0 spiro atoms. The number of phenols is 1. The van der Waals surface area contributed by atoms with Gasteiger partial charge < -0.3 is 14.9 Å². The molecule has 0 radical (unpaired) electrons. The molecule has 3 nitrogen and oxygen atoms in total. The zero-order chi connectivity index (χ0) is 13.4. The molecule has 4 heteroatoms. The average Bonchev–Trinajstić information content (AvgIpc) is 2.39. The van der Waals surface area contributed by atoms with E-state index in [-0.39, 0.29) is 11.9 Å². The van der Waals surface area contributed by atoms with Gasteiger partial charge in [0.2, 0.25) is 0 Å². The first-order valence-electron chi connectivity index (χ1n) is 6.06. The minimum absolute atomic E-state index is 0.127. The molecule has 2 N–H and O–H groups in total. The summed E-state index contributed by atoms with van der Waals surface area (Å²) >= 11 is 5.97. The van der Waals surface area contributed by atoms with E-state index in [4.69, 9.17) is 16.3 Å². The van der Waals surface area contributed by atoms with Gasteiger partial charge in [-0.15, -0.1) is 0 Å². The molecule has 0 saturated heterocycles. The Labute approximate surface area is 116 Å². The average molecular weight is 277 g/mol. The molecule has 2 unspecified atom stereocenters. The summed E-state index contributed by atoms with van der Waals surface area (Å²) in [5, 5.41) is 20.2. The number of hydrogen-bond acceptors (Lipinski definition) is 3. The minimum atomic E-state index is -0.653. The molecule has 1 aliphatic rings. The number of phenolic OH excluding ortho intramolecular Hbond substituents is 1. The van der Waals surface area contributed by atoms with Gasteiger partial charge in [0.1, 0.15) is 17.6 Å². The van der Waals surface area contributed by atoms with Crippen molar-refractivity contribution < 1.29 is 14.9 Å². The Hall–Kier alpha value is -1.71. The van der Waals surface area contributed by atoms with Crippen molar-refractivity contribution in [2.75, 3.05) is 0 Å². The van der Waals surface area contributed by atoms with Crippen LogP contribution in [-0.2, 0) is 0 Å². The zero-order valence-electron chi connectivity index (χ0n) is 10.1. The van der Waals surface area contributed by atoms with Crippen molar-refractivity contribution >= 4 is 11.6 Å². The van der Waals surface area contributed by atoms with E-state index in [1.165, 1.54) is 6.07 Å². The summed E-state index contributed by atoms with van der Waals surface area (Å²) in [6.07, 6.45) is -0.442. The number of hydrogen-bond donors (Lipinski definition) is 2. The fourth-order valence-electron chi connectivity index (χ4n) is 2.35. The number of ether oxygens (including phenoxy) is 1. The zero-order valence-corrected chi connectivity index (χ0v) is 10.8. The fourth-order valence-corrected chi connectivity index (χ4v) is 2.54. The topological polar surface area (TPSA) is 49.7 Å². The van der Waals surface area contributed by atoms with E-state index in [9.17, 15) is 10.2 Å². The van der Waals surface area contributed by atoms with Crippen LogP contribution in [0.15, 0.2) is 42.5 Å². The standard InChI is InChI=1S/C15H13ClO3/c16-10-3-1-2-9(6-10)15-8-13(18)12-7-11(17)4-5-14(12)19-15/h1-7,13,15,17-18H,8H2. The third kappa shape index (κ3) is 2.39. The van der Waals surface area contributed by atoms with Crippen molar-refractivity contribution in [2.45, 2.75) is 18.6 Å². The summed E-state index contributed by atoms with van der Waals surface area (Å²) in [6, 6.07) is 12.2. The monoisotopic (exact) mass is 276 g/mol. The molecule has 0 bridgehead atoms. The van der Waals surface area contributed by atoms with Crippen LogP contribution in [0.2, 0.25) is 5.02 Å². The number of benzene rings is 2. The van der Waals surface area contributed by atoms with Crippen LogP contribution in [0.1, 0.15) is 29.8 Å². The first kappa shape index (κ1) is 12.3. The number of aromatic hydroxyl groups is 1. The number of rotatable bonds is 1. The molecule has 3 rings (SSSR count). The Kier molecular flexibility index (Phi) is 3.09. The largest absolute Gasteiger partial charge is 0.508 e. The van der Waals surface area contributed by atoms with Crippen LogP contribution in [0.25, 0.3) is 0 Å². The maximum absolute atomic E-state index is 10.2. The lowest BCUT2D eigenvalue weighted by molar-refractivity contribution is 0.0654. The molecular weight excluding hydrogens is 264 g/mol. The number of aliphatic hydroxyl groups is 1. The van der Waals surface area contributed by atoms with Gasteiger partial charge in [0.25, 0.3) is 0 Å². The predicted octanol–water partition coefficient (Wildman–Crippen LogP) is 3.60. The second-order valence-electron chi connectivity index (χ2n) is 4.64. The highest BCUT2D eigenvalue weighted by Gasteiger charge is 2.28. The highest BCUT2D eigenvalue weighted by molar-refractivity contribution is 6.30. The van der Waals surface area contributed by atoms with Gasteiger partial charge in [-0.25, -0.2) is 0 Å². The van der Waals surface area contributed by atoms with Crippen molar-refractivity contribution in [3.63, 3.8) is 0 Å². The van der Waals surface area contributed by atoms with Crippen LogP contribution in [0.3, 0.4) is 0 Å². The summed E-state index contributed by atoms with van der Waals surface area (Å²) in [5.74, 6) is 0.726. The molecule has 1 aliphatic heterocycles. The van der Waals surface area contributed by atoms with Gasteiger partial charge in [0, 0.05) is 17.0 Å². The van der Waals surface area contributed by atoms with Crippen LogP contribution in [0.5, 0.6) is 11.5 Å². The minimum Gasteiger partial charge on any atom is -0.508 e. The molecule has 2 aromatic carbocycles. The van der Waals surface area contributed by atoms with Crippen LogP contribution in [-0.4, -0.2) is 10.2 Å². The van der Waals surface area contributed by atoms with Gasteiger partial charge in [-0.3, -0.25) is 0 Å². The molecular formula is C15H13ClO3. The van der Waals surface area contributed by atoms with Gasteiger partial charge in [0.05, 0.1) is 6.10 Å². The number of aliphatic hydroxyl groups excluding tert-OH is 1. The van der Waals surface area contributed by atoms with Crippen LogP contribution in [0, 0.1) is 0 Å². The smallest absolute Gasteiger partial charge is 0.127 e. The lowest BCUT2D eigenvalue weighted by atomic mass is 9.95. The molecule has 0 aliphatic carbocycles. The second-order valence-corrected chi connectivity index (χ2v) is 5.07. The van der Waals surface area contributed by atoms with Gasteiger partial charge in [-0.2, -0.15) is 0 Å². The van der Waals surface area contributed by atoms with E-state index in [1.807, 2.05) is 18.2 Å². The van der Waals surface area contributed by atoms with Gasteiger partial charge in [-0.1, -0.05) is 23.7 Å². The van der Waals surface area contributed by atoms with Crippen molar-refractivity contribution in [3.8, 4) is 11.5 Å². The molecule has 0 saturated carbocycles. The Morgan fingerprint density at radius 3 is 2.79 bits per heavy atom. The maximum Gasteiger partial charge on any atom is 0.127 e. The maximum atomic E-state index is 10.2. The van der Waals surface area contributed by atoms with Crippen LogP contribution in [0.4, 0.5) is 0 Å². The van der Waals surface area contributed by atoms with E-state index in [1.54, 1.807) is 18.2 Å². The normalized spacial score (nSPS) is 21.6. The summed E-state index contributed by atoms with van der Waals surface area (Å²) in [6.45, 7) is 0. The van der Waals surface area contributed by atoms with Gasteiger partial charge in [0.15, 0.2) is 0 Å². The summed E-state index contributed by atoms with van der Waals surface area (Å²) in [5.41, 5.74) is 1.56. The number of fused-ring (bicyclic) bond motifs is 1. The molecule has 2 aromatic rings. The Morgan fingerprint density at radius 1 is 1.16 bits per heavy atom. The first-order valence-corrected chi connectivity index (χ1v) is 6.44. The summed E-state index contributed by atoms with van der Waals surface area (Å²) in [4.78, 5) is 0. The third-order valence-electron chi connectivity index (χ3n) is 3.28. The highest BCUT2D eigenvalue weighted by atomic mass is 35.5. The van der Waals surface area contributed by atoms with Crippen molar-refractivity contribution in [3.05, 3.63) is 58.6 Å². The molecule has 2 atom stereocenters. The Bertz CT molecular complexity index is 612. The van der Waals surface area contributed by atoms with Gasteiger partial charge >= 0.3 is 0 Å². The van der Waals surface area contributed by atoms with E-state index in [0.29, 0.717) is 22.8 Å². The summed E-state index contributed by atoms with van der Waals surface area (Å²) < 4.78 is 5.87. The van der Waals surface area contributed by atoms with Crippen LogP contribution < -0.4 is 4.74 Å². The molecule has 98 valence electrons. The third-order valence-corrected chi connectivity index (χ3v) is 3.51. The lowest BCUT2D eigenvalue weighted by Gasteiger charge is -2.30. The van der Waals surface area contributed by atoms with E-state index in [2.05, 4.69) is 0 Å². The SMILES string of the molecule is Oc1ccc2c(c1)C(O)CC(c1cccc(Cl)c1)O2. The first-order chi connectivity index (χ1) is 9.13. The highest BCUT2D eigenvalue weighted by Crippen LogP contribution is 2.42. The Balaban J connectivity index is 1.95. The molecule has 0 amide bonds.